The van der Waals surface area contributed by atoms with Crippen LogP contribution in [0.3, 0.4) is 0 Å². The van der Waals surface area contributed by atoms with Crippen LogP contribution in [0.25, 0.3) is 0 Å². The Bertz CT molecular complexity index is 681. The topological polar surface area (TPSA) is 76.0 Å². The number of aryl methyl sites for hydroxylation is 1. The van der Waals surface area contributed by atoms with E-state index in [1.54, 1.807) is 13.1 Å². The van der Waals surface area contributed by atoms with Gasteiger partial charge in [0.05, 0.1) is 11.9 Å². The third kappa shape index (κ3) is 3.65. The Labute approximate surface area is 121 Å². The van der Waals surface area contributed by atoms with Gasteiger partial charge in [0, 0.05) is 18.8 Å². The van der Waals surface area contributed by atoms with Gasteiger partial charge in [-0.15, -0.1) is 0 Å². The SMILES string of the molecule is CNC(=O)Cn1cc(NC(=O)c2ccc(F)cc2C)cn1. The van der Waals surface area contributed by atoms with E-state index in [1.807, 2.05) is 0 Å². The van der Waals surface area contributed by atoms with Gasteiger partial charge >= 0.3 is 0 Å². The number of anilines is 1. The average Bonchev–Trinajstić information content (AvgIpc) is 2.85. The third-order valence-electron chi connectivity index (χ3n) is 2.91. The standard InChI is InChI=1S/C14H15FN4O2/c1-9-5-10(15)3-4-12(9)14(21)18-11-6-17-19(7-11)8-13(20)16-2/h3-7H,8H2,1-2H3,(H,16,20)(H,18,21). The van der Waals surface area contributed by atoms with Gasteiger partial charge < -0.3 is 10.6 Å². The number of nitrogens with zero attached hydrogens (tertiary/aromatic N) is 2. The van der Waals surface area contributed by atoms with Gasteiger partial charge in [-0.05, 0) is 30.7 Å². The van der Waals surface area contributed by atoms with Gasteiger partial charge in [-0.1, -0.05) is 0 Å². The number of aromatic nitrogens is 2. The number of hydrogen-bond acceptors (Lipinski definition) is 3. The number of likely N-dealkylation sites (N-methyl/N-ethyl adjacent to an activating group) is 1. The average molecular weight is 290 g/mol. The van der Waals surface area contributed by atoms with Crippen LogP contribution in [0.15, 0.2) is 30.6 Å². The summed E-state index contributed by atoms with van der Waals surface area (Å²) in [4.78, 5) is 23.3. The molecule has 110 valence electrons. The molecule has 7 heteroatoms. The molecule has 2 N–H and O–H groups in total. The normalized spacial score (nSPS) is 10.2. The highest BCUT2D eigenvalue weighted by atomic mass is 19.1. The van der Waals surface area contributed by atoms with Crippen LogP contribution in [0.2, 0.25) is 0 Å². The minimum atomic E-state index is -0.387. The maximum Gasteiger partial charge on any atom is 0.256 e. The number of amides is 2. The number of nitrogens with one attached hydrogen (secondary N) is 2. The molecule has 6 nitrogen and oxygen atoms in total. The van der Waals surface area contributed by atoms with Crippen LogP contribution in [0.5, 0.6) is 0 Å². The van der Waals surface area contributed by atoms with Crippen molar-refractivity contribution in [2.75, 3.05) is 12.4 Å². The van der Waals surface area contributed by atoms with Gasteiger partial charge in [0.2, 0.25) is 5.91 Å². The van der Waals surface area contributed by atoms with Crippen LogP contribution >= 0.6 is 0 Å². The number of benzene rings is 1. The quantitative estimate of drug-likeness (QED) is 0.892. The lowest BCUT2D eigenvalue weighted by atomic mass is 10.1. The third-order valence-corrected chi connectivity index (χ3v) is 2.91. The van der Waals surface area contributed by atoms with Crippen LogP contribution < -0.4 is 10.6 Å². The summed E-state index contributed by atoms with van der Waals surface area (Å²) in [7, 11) is 1.53. The molecule has 21 heavy (non-hydrogen) atoms. The molecule has 0 aliphatic rings. The summed E-state index contributed by atoms with van der Waals surface area (Å²) in [5, 5.41) is 9.10. The fourth-order valence-electron chi connectivity index (χ4n) is 1.82. The molecule has 0 fully saturated rings. The predicted molar refractivity (Wildman–Crippen MR) is 75.4 cm³/mol. The molecule has 0 atom stereocenters. The van der Waals surface area contributed by atoms with Gasteiger partial charge in [0.15, 0.2) is 0 Å². The van der Waals surface area contributed by atoms with Crippen molar-refractivity contribution in [3.8, 4) is 0 Å². The van der Waals surface area contributed by atoms with Crippen LogP contribution in [0, 0.1) is 12.7 Å². The molecule has 0 bridgehead atoms. The number of rotatable bonds is 4. The minimum absolute atomic E-state index is 0.0714. The molecule has 0 spiro atoms. The van der Waals surface area contributed by atoms with Crippen LogP contribution in [-0.2, 0) is 11.3 Å². The molecule has 0 unspecified atom stereocenters. The van der Waals surface area contributed by atoms with Gasteiger partial charge in [-0.3, -0.25) is 14.3 Å². The zero-order valence-electron chi connectivity index (χ0n) is 11.7. The summed E-state index contributed by atoms with van der Waals surface area (Å²) in [5.74, 6) is -0.931. The van der Waals surface area contributed by atoms with E-state index in [0.717, 1.165) is 0 Å². The van der Waals surface area contributed by atoms with Crippen molar-refractivity contribution in [3.05, 3.63) is 47.5 Å². The van der Waals surface area contributed by atoms with Crippen LogP contribution in [0.1, 0.15) is 15.9 Å². The summed E-state index contributed by atoms with van der Waals surface area (Å²) in [6, 6.07) is 3.95. The zero-order chi connectivity index (χ0) is 15.4. The van der Waals surface area contributed by atoms with E-state index in [0.29, 0.717) is 16.8 Å². The van der Waals surface area contributed by atoms with Crippen molar-refractivity contribution in [2.24, 2.45) is 0 Å². The van der Waals surface area contributed by atoms with Crippen molar-refractivity contribution in [1.82, 2.24) is 15.1 Å². The lowest BCUT2D eigenvalue weighted by Crippen LogP contribution is -2.23. The summed E-state index contributed by atoms with van der Waals surface area (Å²) in [6.07, 6.45) is 2.99. The molecule has 0 aliphatic carbocycles. The second-order valence-corrected chi connectivity index (χ2v) is 4.51. The smallest absolute Gasteiger partial charge is 0.256 e. The Morgan fingerprint density at radius 2 is 2.14 bits per heavy atom. The summed E-state index contributed by atoms with van der Waals surface area (Å²) in [5.41, 5.74) is 1.40. The molecular formula is C14H15FN4O2. The van der Waals surface area contributed by atoms with E-state index >= 15 is 0 Å². The van der Waals surface area contributed by atoms with Crippen molar-refractivity contribution < 1.29 is 14.0 Å². The second-order valence-electron chi connectivity index (χ2n) is 4.51. The summed E-state index contributed by atoms with van der Waals surface area (Å²) in [6.45, 7) is 1.73. The van der Waals surface area contributed by atoms with E-state index in [9.17, 15) is 14.0 Å². The molecule has 1 aromatic carbocycles. The Hall–Kier alpha value is -2.70. The van der Waals surface area contributed by atoms with E-state index in [-0.39, 0.29) is 24.2 Å². The first-order valence-electron chi connectivity index (χ1n) is 6.30. The Morgan fingerprint density at radius 3 is 2.81 bits per heavy atom. The van der Waals surface area contributed by atoms with Crippen molar-refractivity contribution in [3.63, 3.8) is 0 Å². The zero-order valence-corrected chi connectivity index (χ0v) is 11.7. The molecule has 1 heterocycles. The minimum Gasteiger partial charge on any atom is -0.358 e. The highest BCUT2D eigenvalue weighted by molar-refractivity contribution is 6.05. The van der Waals surface area contributed by atoms with Gasteiger partial charge in [-0.25, -0.2) is 4.39 Å². The van der Waals surface area contributed by atoms with Crippen molar-refractivity contribution in [2.45, 2.75) is 13.5 Å². The maximum absolute atomic E-state index is 13.0. The van der Waals surface area contributed by atoms with Crippen LogP contribution in [0.4, 0.5) is 10.1 Å². The molecular weight excluding hydrogens is 275 g/mol. The highest BCUT2D eigenvalue weighted by Crippen LogP contribution is 2.13. The summed E-state index contributed by atoms with van der Waals surface area (Å²) < 4.78 is 14.4. The molecule has 2 aromatic rings. The molecule has 0 saturated carbocycles. The number of carbonyl (C=O) groups excluding carboxylic acids is 2. The Morgan fingerprint density at radius 1 is 1.38 bits per heavy atom. The summed E-state index contributed by atoms with van der Waals surface area (Å²) >= 11 is 0. The van der Waals surface area contributed by atoms with Crippen LogP contribution in [-0.4, -0.2) is 28.6 Å². The van der Waals surface area contributed by atoms with Crippen molar-refractivity contribution in [1.29, 1.82) is 0 Å². The van der Waals surface area contributed by atoms with Gasteiger partial charge in [0.25, 0.3) is 5.91 Å². The van der Waals surface area contributed by atoms with Gasteiger partial charge in [-0.2, -0.15) is 5.10 Å². The predicted octanol–water partition coefficient (Wildman–Crippen LogP) is 1.33. The van der Waals surface area contributed by atoms with Gasteiger partial charge in [0.1, 0.15) is 12.4 Å². The van der Waals surface area contributed by atoms with Crippen molar-refractivity contribution >= 4 is 17.5 Å². The largest absolute Gasteiger partial charge is 0.358 e. The molecule has 0 aliphatic heterocycles. The lowest BCUT2D eigenvalue weighted by molar-refractivity contribution is -0.121. The number of carbonyl (C=O) groups is 2. The monoisotopic (exact) mass is 290 g/mol. The fourth-order valence-corrected chi connectivity index (χ4v) is 1.82. The molecule has 0 saturated heterocycles. The Balaban J connectivity index is 2.07. The first kappa shape index (κ1) is 14.7. The highest BCUT2D eigenvalue weighted by Gasteiger charge is 2.11. The van der Waals surface area contributed by atoms with E-state index in [4.69, 9.17) is 0 Å². The molecule has 2 rings (SSSR count). The van der Waals surface area contributed by atoms with E-state index in [1.165, 1.54) is 36.1 Å². The molecule has 0 radical (unpaired) electrons. The Kier molecular flexibility index (Phi) is 4.32. The van der Waals surface area contributed by atoms with E-state index in [2.05, 4.69) is 15.7 Å². The fraction of sp³-hybridized carbons (Fsp3) is 0.214. The van der Waals surface area contributed by atoms with E-state index < -0.39 is 0 Å². The lowest BCUT2D eigenvalue weighted by Gasteiger charge is -2.05. The first-order valence-corrected chi connectivity index (χ1v) is 6.30. The number of halogens is 1. The number of hydrogen-bond donors (Lipinski definition) is 2. The second kappa shape index (κ2) is 6.17. The first-order chi connectivity index (χ1) is 9.99. The molecule has 2 amide bonds. The maximum atomic E-state index is 13.0. The molecule has 1 aromatic heterocycles.